The number of rotatable bonds is 2. The molecular formula is C8H12O3. The molecule has 0 aromatic heterocycles. The fourth-order valence-electron chi connectivity index (χ4n) is 1.10. The Labute approximate surface area is 65.7 Å². The van der Waals surface area contributed by atoms with Crippen molar-refractivity contribution >= 4 is 5.97 Å². The number of ether oxygens (including phenoxy) is 1. The third kappa shape index (κ3) is 2.05. The van der Waals surface area contributed by atoms with Crippen LogP contribution in [0.5, 0.6) is 0 Å². The van der Waals surface area contributed by atoms with E-state index < -0.39 is 6.10 Å². The molecule has 1 aliphatic rings. The van der Waals surface area contributed by atoms with E-state index in [1.165, 1.54) is 0 Å². The van der Waals surface area contributed by atoms with Gasteiger partial charge in [0.05, 0.1) is 6.10 Å². The Balaban J connectivity index is 2.57. The van der Waals surface area contributed by atoms with Gasteiger partial charge in [-0.2, -0.15) is 0 Å². The predicted octanol–water partition coefficient (Wildman–Crippen LogP) is 0.629. The van der Waals surface area contributed by atoms with Crippen molar-refractivity contribution in [3.05, 3.63) is 11.6 Å². The summed E-state index contributed by atoms with van der Waals surface area (Å²) >= 11 is 0. The monoisotopic (exact) mass is 156 g/mol. The van der Waals surface area contributed by atoms with Crippen molar-refractivity contribution in [2.24, 2.45) is 0 Å². The first-order valence-corrected chi connectivity index (χ1v) is 3.69. The molecule has 0 spiro atoms. The van der Waals surface area contributed by atoms with Gasteiger partial charge in [0.2, 0.25) is 0 Å². The van der Waals surface area contributed by atoms with Crippen molar-refractivity contribution in [2.75, 3.05) is 0 Å². The zero-order chi connectivity index (χ0) is 8.43. The van der Waals surface area contributed by atoms with E-state index in [1.807, 2.05) is 0 Å². The van der Waals surface area contributed by atoms with Crippen molar-refractivity contribution < 1.29 is 14.6 Å². The Kier molecular flexibility index (Phi) is 2.29. The average molecular weight is 156 g/mol. The van der Waals surface area contributed by atoms with Crippen LogP contribution in [-0.4, -0.2) is 23.3 Å². The third-order valence-corrected chi connectivity index (χ3v) is 1.51. The zero-order valence-corrected chi connectivity index (χ0v) is 6.70. The number of aliphatic hydroxyl groups is 1. The van der Waals surface area contributed by atoms with Crippen LogP contribution in [0.4, 0.5) is 0 Å². The van der Waals surface area contributed by atoms with Crippen molar-refractivity contribution in [3.63, 3.8) is 0 Å². The van der Waals surface area contributed by atoms with E-state index in [4.69, 9.17) is 9.84 Å². The maximum atomic E-state index is 10.9. The predicted molar refractivity (Wildman–Crippen MR) is 39.9 cm³/mol. The minimum atomic E-state index is -0.473. The van der Waals surface area contributed by atoms with Crippen molar-refractivity contribution in [2.45, 2.75) is 32.5 Å². The van der Waals surface area contributed by atoms with E-state index in [9.17, 15) is 4.79 Å². The van der Waals surface area contributed by atoms with Crippen LogP contribution in [0.15, 0.2) is 11.6 Å². The fourth-order valence-corrected chi connectivity index (χ4v) is 1.10. The third-order valence-electron chi connectivity index (χ3n) is 1.51. The van der Waals surface area contributed by atoms with Crippen molar-refractivity contribution in [1.82, 2.24) is 0 Å². The van der Waals surface area contributed by atoms with Gasteiger partial charge in [0.1, 0.15) is 6.10 Å². The average Bonchev–Trinajstić information content (AvgIpc) is 2.09. The van der Waals surface area contributed by atoms with E-state index in [1.54, 1.807) is 19.9 Å². The quantitative estimate of drug-likeness (QED) is 0.596. The summed E-state index contributed by atoms with van der Waals surface area (Å²) in [4.78, 5) is 10.9. The molecule has 1 aliphatic heterocycles. The van der Waals surface area contributed by atoms with Crippen LogP contribution in [-0.2, 0) is 9.53 Å². The molecule has 0 amide bonds. The summed E-state index contributed by atoms with van der Waals surface area (Å²) in [5.74, 6) is -0.293. The number of carbonyl (C=O) groups excluding carboxylic acids is 1. The second-order valence-corrected chi connectivity index (χ2v) is 2.86. The van der Waals surface area contributed by atoms with Crippen LogP contribution in [0.3, 0.4) is 0 Å². The van der Waals surface area contributed by atoms with Gasteiger partial charge in [0.15, 0.2) is 0 Å². The molecule has 3 heteroatoms. The molecule has 0 saturated heterocycles. The van der Waals surface area contributed by atoms with E-state index in [2.05, 4.69) is 0 Å². The van der Waals surface area contributed by atoms with Crippen LogP contribution >= 0.6 is 0 Å². The van der Waals surface area contributed by atoms with Crippen LogP contribution < -0.4 is 0 Å². The highest BCUT2D eigenvalue weighted by atomic mass is 16.5. The zero-order valence-electron chi connectivity index (χ0n) is 6.70. The van der Waals surface area contributed by atoms with Gasteiger partial charge in [0, 0.05) is 12.0 Å². The molecule has 2 atom stereocenters. The summed E-state index contributed by atoms with van der Waals surface area (Å²) in [7, 11) is 0. The maximum Gasteiger partial charge on any atom is 0.334 e. The number of hydrogen-bond acceptors (Lipinski definition) is 3. The molecule has 11 heavy (non-hydrogen) atoms. The number of carbonyl (C=O) groups is 1. The summed E-state index contributed by atoms with van der Waals surface area (Å²) in [6.07, 6.45) is 1.54. The molecule has 0 saturated carbocycles. The largest absolute Gasteiger partial charge is 0.455 e. The second kappa shape index (κ2) is 3.05. The highest BCUT2D eigenvalue weighted by molar-refractivity contribution is 5.90. The van der Waals surface area contributed by atoms with Crippen molar-refractivity contribution in [1.29, 1.82) is 0 Å². The molecule has 0 bridgehead atoms. The van der Waals surface area contributed by atoms with Gasteiger partial charge in [0.25, 0.3) is 0 Å². The molecule has 0 unspecified atom stereocenters. The summed E-state index contributed by atoms with van der Waals surface area (Å²) in [5.41, 5.74) is 0.590. The summed E-state index contributed by atoms with van der Waals surface area (Å²) in [6, 6.07) is 0. The first-order valence-electron chi connectivity index (χ1n) is 3.69. The molecule has 1 heterocycles. The molecule has 0 fully saturated rings. The summed E-state index contributed by atoms with van der Waals surface area (Å²) in [5, 5.41) is 8.97. The van der Waals surface area contributed by atoms with Gasteiger partial charge < -0.3 is 9.84 Å². The van der Waals surface area contributed by atoms with Gasteiger partial charge >= 0.3 is 5.97 Å². The van der Waals surface area contributed by atoms with Crippen LogP contribution in [0.1, 0.15) is 20.3 Å². The van der Waals surface area contributed by atoms with E-state index in [0.717, 1.165) is 0 Å². The normalized spacial score (nSPS) is 26.3. The fraction of sp³-hybridized carbons (Fsp3) is 0.625. The topological polar surface area (TPSA) is 46.5 Å². The molecule has 1 N–H and O–H groups in total. The first-order chi connectivity index (χ1) is 5.09. The Morgan fingerprint density at radius 3 is 2.82 bits per heavy atom. The lowest BCUT2D eigenvalue weighted by molar-refractivity contribution is -0.139. The Morgan fingerprint density at radius 2 is 2.45 bits per heavy atom. The lowest BCUT2D eigenvalue weighted by Crippen LogP contribution is -2.08. The smallest absolute Gasteiger partial charge is 0.334 e. The molecule has 0 radical (unpaired) electrons. The Morgan fingerprint density at radius 1 is 1.82 bits per heavy atom. The van der Waals surface area contributed by atoms with E-state index in [0.29, 0.717) is 12.0 Å². The van der Waals surface area contributed by atoms with Gasteiger partial charge in [-0.15, -0.1) is 0 Å². The van der Waals surface area contributed by atoms with Crippen molar-refractivity contribution in [3.8, 4) is 0 Å². The van der Waals surface area contributed by atoms with E-state index >= 15 is 0 Å². The lowest BCUT2D eigenvalue weighted by atomic mass is 10.1. The number of aliphatic hydroxyl groups excluding tert-OH is 1. The van der Waals surface area contributed by atoms with Gasteiger partial charge in [-0.05, 0) is 19.9 Å². The van der Waals surface area contributed by atoms with Crippen LogP contribution in [0, 0.1) is 0 Å². The molecule has 62 valence electrons. The minimum Gasteiger partial charge on any atom is -0.455 e. The molecule has 0 aromatic carbocycles. The number of cyclic esters (lactones) is 1. The first kappa shape index (κ1) is 8.27. The molecule has 0 aromatic rings. The molecule has 1 rings (SSSR count). The SMILES string of the molecule is C[C@H](O)CC1=C[C@H](C)OC1=O. The molecular weight excluding hydrogens is 144 g/mol. The van der Waals surface area contributed by atoms with Crippen LogP contribution in [0.25, 0.3) is 0 Å². The highest BCUT2D eigenvalue weighted by Gasteiger charge is 2.22. The molecule has 3 nitrogen and oxygen atoms in total. The lowest BCUT2D eigenvalue weighted by Gasteiger charge is -2.01. The standard InChI is InChI=1S/C8H12O3/c1-5(9)3-7-4-6(2)11-8(7)10/h4-6,9H,3H2,1-2H3/t5-,6-/m0/s1. The Bertz CT molecular complexity index is 194. The van der Waals surface area contributed by atoms with Gasteiger partial charge in [-0.25, -0.2) is 4.79 Å². The second-order valence-electron chi connectivity index (χ2n) is 2.86. The number of hydrogen-bond donors (Lipinski definition) is 1. The summed E-state index contributed by atoms with van der Waals surface area (Å²) < 4.78 is 4.83. The van der Waals surface area contributed by atoms with Gasteiger partial charge in [-0.3, -0.25) is 0 Å². The molecule has 0 aliphatic carbocycles. The maximum absolute atomic E-state index is 10.9. The summed E-state index contributed by atoms with van der Waals surface area (Å²) in [6.45, 7) is 3.45. The minimum absolute atomic E-state index is 0.128. The number of esters is 1. The van der Waals surface area contributed by atoms with Crippen LogP contribution in [0.2, 0.25) is 0 Å². The Hall–Kier alpha value is -0.830. The van der Waals surface area contributed by atoms with Gasteiger partial charge in [-0.1, -0.05) is 0 Å². The highest BCUT2D eigenvalue weighted by Crippen LogP contribution is 2.17. The van der Waals surface area contributed by atoms with E-state index in [-0.39, 0.29) is 12.1 Å².